The molecule has 2 heterocycles. The minimum Gasteiger partial charge on any atom is -0.372 e. The molecule has 0 aromatic heterocycles. The Morgan fingerprint density at radius 3 is 3.27 bits per heavy atom. The van der Waals surface area contributed by atoms with Crippen molar-refractivity contribution in [2.45, 2.75) is 6.04 Å². The molecule has 11 heavy (non-hydrogen) atoms. The predicted octanol–water partition coefficient (Wildman–Crippen LogP) is -1.50. The van der Waals surface area contributed by atoms with Crippen molar-refractivity contribution in [2.24, 2.45) is 4.99 Å². The van der Waals surface area contributed by atoms with Crippen LogP contribution in [0.25, 0.3) is 0 Å². The van der Waals surface area contributed by atoms with E-state index in [0.29, 0.717) is 12.5 Å². The van der Waals surface area contributed by atoms with E-state index in [-0.39, 0.29) is 11.9 Å². The first kappa shape index (κ1) is 6.21. The molecule has 2 rings (SSSR count). The molecule has 0 saturated carbocycles. The first-order valence-corrected chi connectivity index (χ1v) is 3.37. The second-order valence-corrected chi connectivity index (χ2v) is 2.32. The van der Waals surface area contributed by atoms with Crippen molar-refractivity contribution in [1.82, 2.24) is 16.0 Å². The molecule has 0 aromatic carbocycles. The van der Waals surface area contributed by atoms with Crippen LogP contribution in [-0.4, -0.2) is 24.5 Å². The highest BCUT2D eigenvalue weighted by atomic mass is 16.2. The first-order valence-electron chi connectivity index (χ1n) is 3.37. The summed E-state index contributed by atoms with van der Waals surface area (Å²) in [5.74, 6) is 0.656. The van der Waals surface area contributed by atoms with Crippen LogP contribution in [-0.2, 0) is 4.79 Å². The predicted molar refractivity (Wildman–Crippen MR) is 39.6 cm³/mol. The maximum absolute atomic E-state index is 11.1. The highest BCUT2D eigenvalue weighted by Gasteiger charge is 2.27. The molecule has 0 aliphatic carbocycles. The molecular weight excluding hydrogens is 144 g/mol. The van der Waals surface area contributed by atoms with Crippen LogP contribution in [0.5, 0.6) is 0 Å². The van der Waals surface area contributed by atoms with Gasteiger partial charge in [0, 0.05) is 12.4 Å². The lowest BCUT2D eigenvalue weighted by molar-refractivity contribution is -0.121. The molecule has 1 unspecified atom stereocenters. The molecule has 0 bridgehead atoms. The first-order chi connectivity index (χ1) is 5.38. The number of nitrogens with zero attached hydrogens (tertiary/aromatic N) is 1. The van der Waals surface area contributed by atoms with Crippen molar-refractivity contribution in [2.75, 3.05) is 6.67 Å². The zero-order chi connectivity index (χ0) is 7.68. The molecule has 5 heteroatoms. The van der Waals surface area contributed by atoms with Gasteiger partial charge in [-0.2, -0.15) is 0 Å². The number of fused-ring (bicyclic) bond motifs is 1. The molecule has 2 aliphatic heterocycles. The van der Waals surface area contributed by atoms with Crippen LogP contribution in [0.15, 0.2) is 17.4 Å². The second kappa shape index (κ2) is 2.26. The van der Waals surface area contributed by atoms with E-state index >= 15 is 0 Å². The van der Waals surface area contributed by atoms with E-state index in [1.54, 1.807) is 12.4 Å². The van der Waals surface area contributed by atoms with Gasteiger partial charge in [0.2, 0.25) is 0 Å². The quantitative estimate of drug-likeness (QED) is 0.396. The molecule has 0 radical (unpaired) electrons. The number of amides is 1. The Morgan fingerprint density at radius 1 is 1.55 bits per heavy atom. The smallest absolute Gasteiger partial charge is 0.251 e. The molecular formula is C6H8N4O. The zero-order valence-electron chi connectivity index (χ0n) is 5.79. The van der Waals surface area contributed by atoms with Gasteiger partial charge in [0.15, 0.2) is 6.04 Å². The molecule has 3 N–H and O–H groups in total. The SMILES string of the molecule is O=C1NCN=C2NC=CNC12. The number of rotatable bonds is 0. The fourth-order valence-corrected chi connectivity index (χ4v) is 1.08. The summed E-state index contributed by atoms with van der Waals surface area (Å²) in [5.41, 5.74) is 0. The Labute approximate surface area is 63.6 Å². The normalized spacial score (nSPS) is 27.5. The van der Waals surface area contributed by atoms with Gasteiger partial charge in [-0.25, -0.2) is 4.99 Å². The fourth-order valence-electron chi connectivity index (χ4n) is 1.08. The van der Waals surface area contributed by atoms with E-state index < -0.39 is 0 Å². The van der Waals surface area contributed by atoms with Gasteiger partial charge < -0.3 is 16.0 Å². The summed E-state index contributed by atoms with van der Waals surface area (Å²) in [6.07, 6.45) is 3.41. The van der Waals surface area contributed by atoms with Crippen molar-refractivity contribution in [3.05, 3.63) is 12.4 Å². The summed E-state index contributed by atoms with van der Waals surface area (Å²) in [5, 5.41) is 8.40. The third kappa shape index (κ3) is 0.938. The van der Waals surface area contributed by atoms with Crippen molar-refractivity contribution < 1.29 is 4.79 Å². The molecule has 2 aliphatic rings. The van der Waals surface area contributed by atoms with E-state index in [1.165, 1.54) is 0 Å². The third-order valence-electron chi connectivity index (χ3n) is 1.62. The Kier molecular flexibility index (Phi) is 1.28. The molecule has 1 atom stereocenters. The number of aliphatic imine (C=N–C) groups is 1. The number of amidine groups is 1. The van der Waals surface area contributed by atoms with Gasteiger partial charge in [-0.15, -0.1) is 0 Å². The van der Waals surface area contributed by atoms with Crippen LogP contribution in [0, 0.1) is 0 Å². The number of nitrogens with one attached hydrogen (secondary N) is 3. The van der Waals surface area contributed by atoms with Gasteiger partial charge in [0.05, 0.1) is 0 Å². The lowest BCUT2D eigenvalue weighted by Gasteiger charge is -2.25. The molecule has 0 aromatic rings. The van der Waals surface area contributed by atoms with Gasteiger partial charge in [0.1, 0.15) is 12.5 Å². The summed E-state index contributed by atoms with van der Waals surface area (Å²) in [4.78, 5) is 15.2. The highest BCUT2D eigenvalue weighted by molar-refractivity contribution is 6.09. The second-order valence-electron chi connectivity index (χ2n) is 2.32. The van der Waals surface area contributed by atoms with Crippen molar-refractivity contribution in [3.8, 4) is 0 Å². The Balaban J connectivity index is 2.27. The average molecular weight is 152 g/mol. The van der Waals surface area contributed by atoms with Crippen LogP contribution in [0.1, 0.15) is 0 Å². The van der Waals surface area contributed by atoms with Gasteiger partial charge in [-0.05, 0) is 0 Å². The van der Waals surface area contributed by atoms with Crippen LogP contribution in [0.2, 0.25) is 0 Å². The van der Waals surface area contributed by atoms with Gasteiger partial charge in [-0.1, -0.05) is 0 Å². The summed E-state index contributed by atoms with van der Waals surface area (Å²) in [6.45, 7) is 0.368. The van der Waals surface area contributed by atoms with Crippen LogP contribution < -0.4 is 16.0 Å². The van der Waals surface area contributed by atoms with Crippen molar-refractivity contribution >= 4 is 11.7 Å². The summed E-state index contributed by atoms with van der Waals surface area (Å²) >= 11 is 0. The molecule has 58 valence electrons. The fraction of sp³-hybridized carbons (Fsp3) is 0.333. The van der Waals surface area contributed by atoms with Gasteiger partial charge in [-0.3, -0.25) is 4.79 Å². The average Bonchev–Trinajstić information content (AvgIpc) is 2.06. The number of hydrogen-bond acceptors (Lipinski definition) is 4. The lowest BCUT2D eigenvalue weighted by Crippen LogP contribution is -2.56. The molecule has 0 spiro atoms. The third-order valence-corrected chi connectivity index (χ3v) is 1.62. The van der Waals surface area contributed by atoms with Gasteiger partial charge in [0.25, 0.3) is 5.91 Å². The Hall–Kier alpha value is -1.52. The highest BCUT2D eigenvalue weighted by Crippen LogP contribution is 1.97. The van der Waals surface area contributed by atoms with Crippen molar-refractivity contribution in [1.29, 1.82) is 0 Å². The van der Waals surface area contributed by atoms with Crippen LogP contribution in [0.4, 0.5) is 0 Å². The Bertz CT molecular complexity index is 245. The zero-order valence-corrected chi connectivity index (χ0v) is 5.79. The van der Waals surface area contributed by atoms with Crippen LogP contribution in [0.3, 0.4) is 0 Å². The summed E-state index contributed by atoms with van der Waals surface area (Å²) < 4.78 is 0. The number of carbonyl (C=O) groups is 1. The van der Waals surface area contributed by atoms with Crippen LogP contribution >= 0.6 is 0 Å². The molecule has 0 saturated heterocycles. The Morgan fingerprint density at radius 2 is 2.45 bits per heavy atom. The van der Waals surface area contributed by atoms with E-state index in [2.05, 4.69) is 20.9 Å². The van der Waals surface area contributed by atoms with E-state index in [0.717, 1.165) is 0 Å². The maximum atomic E-state index is 11.1. The topological polar surface area (TPSA) is 65.5 Å². The lowest BCUT2D eigenvalue weighted by atomic mass is 10.2. The summed E-state index contributed by atoms with van der Waals surface area (Å²) in [6, 6.07) is -0.325. The van der Waals surface area contributed by atoms with E-state index in [1.807, 2.05) is 0 Å². The maximum Gasteiger partial charge on any atom is 0.251 e. The minimum atomic E-state index is -0.325. The number of carbonyl (C=O) groups excluding carboxylic acids is 1. The molecule has 0 fully saturated rings. The van der Waals surface area contributed by atoms with E-state index in [9.17, 15) is 4.79 Å². The minimum absolute atomic E-state index is 0.0353. The largest absolute Gasteiger partial charge is 0.372 e. The van der Waals surface area contributed by atoms with E-state index in [4.69, 9.17) is 0 Å². The molecule has 1 amide bonds. The molecule has 5 nitrogen and oxygen atoms in total. The standard InChI is InChI=1S/C6H8N4O/c11-6-4-5(9-3-10-6)8-2-1-7-4/h1-2,4,7H,3H2,(H,8,9)(H,10,11). The van der Waals surface area contributed by atoms with Crippen molar-refractivity contribution in [3.63, 3.8) is 0 Å². The van der Waals surface area contributed by atoms with Gasteiger partial charge >= 0.3 is 0 Å². The summed E-state index contributed by atoms with van der Waals surface area (Å²) in [7, 11) is 0. The number of hydrogen-bond donors (Lipinski definition) is 3. The monoisotopic (exact) mass is 152 g/mol.